The summed E-state index contributed by atoms with van der Waals surface area (Å²) < 4.78 is 0. The average Bonchev–Trinajstić information content (AvgIpc) is 2.43. The molecule has 0 bridgehead atoms. The smallest absolute Gasteiger partial charge is 0.267 e. The zero-order valence-electron chi connectivity index (χ0n) is 10.6. The van der Waals surface area contributed by atoms with E-state index in [0.717, 1.165) is 11.3 Å². The SMILES string of the molecule is N#CCc1ccc(Nc2nc(C(N)=O)ccc2N)cc1. The van der Waals surface area contributed by atoms with Crippen molar-refractivity contribution in [1.82, 2.24) is 4.98 Å². The van der Waals surface area contributed by atoms with E-state index in [2.05, 4.69) is 16.4 Å². The Morgan fingerprint density at radius 2 is 1.95 bits per heavy atom. The second kappa shape index (κ2) is 5.71. The lowest BCUT2D eigenvalue weighted by molar-refractivity contribution is 0.0996. The second-order valence-corrected chi connectivity index (χ2v) is 4.16. The van der Waals surface area contributed by atoms with E-state index in [4.69, 9.17) is 16.7 Å². The minimum atomic E-state index is -0.614. The number of benzene rings is 1. The van der Waals surface area contributed by atoms with Crippen LogP contribution in [0.4, 0.5) is 17.2 Å². The van der Waals surface area contributed by atoms with Crippen LogP contribution in [0.3, 0.4) is 0 Å². The summed E-state index contributed by atoms with van der Waals surface area (Å²) in [5, 5.41) is 11.6. The standard InChI is InChI=1S/C14H13N5O/c15-8-7-9-1-3-10(4-2-9)18-14-11(16)5-6-12(19-14)13(17)20/h1-6H,7,16H2,(H2,17,20)(H,18,19). The number of nitriles is 1. The van der Waals surface area contributed by atoms with Gasteiger partial charge in [0, 0.05) is 5.69 Å². The molecule has 0 fully saturated rings. The lowest BCUT2D eigenvalue weighted by Crippen LogP contribution is -2.14. The van der Waals surface area contributed by atoms with Crippen molar-refractivity contribution in [2.45, 2.75) is 6.42 Å². The lowest BCUT2D eigenvalue weighted by atomic mass is 10.1. The van der Waals surface area contributed by atoms with Crippen LogP contribution in [-0.4, -0.2) is 10.9 Å². The van der Waals surface area contributed by atoms with Gasteiger partial charge in [0.05, 0.1) is 18.2 Å². The van der Waals surface area contributed by atoms with Crippen molar-refractivity contribution in [3.05, 3.63) is 47.7 Å². The number of pyridine rings is 1. The van der Waals surface area contributed by atoms with Crippen LogP contribution in [0.1, 0.15) is 16.1 Å². The second-order valence-electron chi connectivity index (χ2n) is 4.16. The molecule has 1 amide bonds. The van der Waals surface area contributed by atoms with Gasteiger partial charge in [0.25, 0.3) is 5.91 Å². The van der Waals surface area contributed by atoms with E-state index in [0.29, 0.717) is 17.9 Å². The van der Waals surface area contributed by atoms with Crippen LogP contribution in [0.15, 0.2) is 36.4 Å². The maximum atomic E-state index is 11.1. The molecule has 1 aromatic heterocycles. The van der Waals surface area contributed by atoms with E-state index >= 15 is 0 Å². The Bertz CT molecular complexity index is 673. The highest BCUT2D eigenvalue weighted by Crippen LogP contribution is 2.21. The van der Waals surface area contributed by atoms with Gasteiger partial charge in [-0.15, -0.1) is 0 Å². The summed E-state index contributed by atoms with van der Waals surface area (Å²) in [4.78, 5) is 15.2. The number of nitrogens with one attached hydrogen (secondary N) is 1. The van der Waals surface area contributed by atoms with Crippen LogP contribution < -0.4 is 16.8 Å². The van der Waals surface area contributed by atoms with Crippen LogP contribution >= 0.6 is 0 Å². The first-order chi connectivity index (χ1) is 9.60. The molecule has 1 heterocycles. The van der Waals surface area contributed by atoms with Crippen molar-refractivity contribution >= 4 is 23.1 Å². The molecule has 2 aromatic rings. The highest BCUT2D eigenvalue weighted by Gasteiger charge is 2.07. The first-order valence-corrected chi connectivity index (χ1v) is 5.89. The van der Waals surface area contributed by atoms with Gasteiger partial charge in [0.15, 0.2) is 5.82 Å². The molecule has 1 aromatic carbocycles. The first-order valence-electron chi connectivity index (χ1n) is 5.89. The quantitative estimate of drug-likeness (QED) is 0.777. The van der Waals surface area contributed by atoms with E-state index in [-0.39, 0.29) is 5.69 Å². The number of nitrogens with zero attached hydrogens (tertiary/aromatic N) is 2. The van der Waals surface area contributed by atoms with E-state index in [1.807, 2.05) is 24.3 Å². The van der Waals surface area contributed by atoms with Gasteiger partial charge in [-0.1, -0.05) is 12.1 Å². The lowest BCUT2D eigenvalue weighted by Gasteiger charge is -2.09. The normalized spacial score (nSPS) is 9.75. The molecule has 0 saturated heterocycles. The summed E-state index contributed by atoms with van der Waals surface area (Å²) >= 11 is 0. The molecular weight excluding hydrogens is 254 g/mol. The summed E-state index contributed by atoms with van der Waals surface area (Å²) in [5.74, 6) is -0.244. The van der Waals surface area contributed by atoms with Crippen molar-refractivity contribution < 1.29 is 4.79 Å². The topological polar surface area (TPSA) is 118 Å². The van der Waals surface area contributed by atoms with E-state index in [1.54, 1.807) is 6.07 Å². The molecule has 0 saturated carbocycles. The minimum Gasteiger partial charge on any atom is -0.396 e. The highest BCUT2D eigenvalue weighted by atomic mass is 16.1. The van der Waals surface area contributed by atoms with Gasteiger partial charge in [-0.3, -0.25) is 4.79 Å². The van der Waals surface area contributed by atoms with Gasteiger partial charge >= 0.3 is 0 Å². The molecule has 0 radical (unpaired) electrons. The van der Waals surface area contributed by atoms with Gasteiger partial charge in [0.2, 0.25) is 0 Å². The zero-order chi connectivity index (χ0) is 14.5. The maximum absolute atomic E-state index is 11.1. The van der Waals surface area contributed by atoms with Gasteiger partial charge in [-0.25, -0.2) is 4.98 Å². The molecule has 0 atom stereocenters. The summed E-state index contributed by atoms with van der Waals surface area (Å²) in [6.07, 6.45) is 0.359. The van der Waals surface area contributed by atoms with Gasteiger partial charge in [-0.2, -0.15) is 5.26 Å². The number of hydrogen-bond acceptors (Lipinski definition) is 5. The number of aromatic nitrogens is 1. The summed E-state index contributed by atoms with van der Waals surface area (Å²) in [7, 11) is 0. The fraction of sp³-hybridized carbons (Fsp3) is 0.0714. The number of nitrogen functional groups attached to an aromatic ring is 1. The van der Waals surface area contributed by atoms with Gasteiger partial charge < -0.3 is 16.8 Å². The van der Waals surface area contributed by atoms with Crippen molar-refractivity contribution in [3.63, 3.8) is 0 Å². The number of primary amides is 1. The van der Waals surface area contributed by atoms with Crippen LogP contribution in [0, 0.1) is 11.3 Å². The Morgan fingerprint density at radius 1 is 1.25 bits per heavy atom. The predicted molar refractivity (Wildman–Crippen MR) is 76.2 cm³/mol. The Kier molecular flexibility index (Phi) is 3.82. The highest BCUT2D eigenvalue weighted by molar-refractivity contribution is 5.92. The Morgan fingerprint density at radius 3 is 2.55 bits per heavy atom. The molecule has 6 heteroatoms. The van der Waals surface area contributed by atoms with Crippen molar-refractivity contribution in [2.75, 3.05) is 11.1 Å². The molecule has 0 spiro atoms. The van der Waals surface area contributed by atoms with Crippen LogP contribution in [0.25, 0.3) is 0 Å². The van der Waals surface area contributed by atoms with Crippen LogP contribution in [0.5, 0.6) is 0 Å². The van der Waals surface area contributed by atoms with E-state index < -0.39 is 5.91 Å². The summed E-state index contributed by atoms with van der Waals surface area (Å²) in [5.41, 5.74) is 13.2. The van der Waals surface area contributed by atoms with Gasteiger partial charge in [0.1, 0.15) is 5.69 Å². The van der Waals surface area contributed by atoms with Crippen molar-refractivity contribution in [2.24, 2.45) is 5.73 Å². The number of carbonyl (C=O) groups is 1. The molecule has 6 nitrogen and oxygen atoms in total. The number of nitrogens with two attached hydrogens (primary N) is 2. The predicted octanol–water partition coefficient (Wildman–Crippen LogP) is 1.57. The third-order valence-corrected chi connectivity index (χ3v) is 2.68. The van der Waals surface area contributed by atoms with Crippen molar-refractivity contribution in [3.8, 4) is 6.07 Å². The van der Waals surface area contributed by atoms with Gasteiger partial charge in [-0.05, 0) is 29.8 Å². The molecule has 2 rings (SSSR count). The van der Waals surface area contributed by atoms with Crippen molar-refractivity contribution in [1.29, 1.82) is 5.26 Å². The number of anilines is 3. The first kappa shape index (κ1) is 13.4. The molecule has 0 aliphatic rings. The Balaban J connectivity index is 2.23. The third-order valence-electron chi connectivity index (χ3n) is 2.68. The van der Waals surface area contributed by atoms with Crippen LogP contribution in [0.2, 0.25) is 0 Å². The number of rotatable bonds is 4. The summed E-state index contributed by atoms with van der Waals surface area (Å²) in [6, 6.07) is 12.4. The molecule has 0 aliphatic heterocycles. The minimum absolute atomic E-state index is 0.141. The molecular formula is C14H13N5O. The number of hydrogen-bond donors (Lipinski definition) is 3. The number of carbonyl (C=O) groups excluding carboxylic acids is 1. The third kappa shape index (κ3) is 3.03. The van der Waals surface area contributed by atoms with E-state index in [1.165, 1.54) is 6.07 Å². The zero-order valence-corrected chi connectivity index (χ0v) is 10.6. The fourth-order valence-corrected chi connectivity index (χ4v) is 1.64. The number of amides is 1. The molecule has 20 heavy (non-hydrogen) atoms. The van der Waals surface area contributed by atoms with E-state index in [9.17, 15) is 4.79 Å². The molecule has 0 unspecified atom stereocenters. The average molecular weight is 267 g/mol. The maximum Gasteiger partial charge on any atom is 0.267 e. The molecule has 0 aliphatic carbocycles. The molecule has 5 N–H and O–H groups in total. The van der Waals surface area contributed by atoms with Crippen LogP contribution in [-0.2, 0) is 6.42 Å². The molecule has 100 valence electrons. The monoisotopic (exact) mass is 267 g/mol. The largest absolute Gasteiger partial charge is 0.396 e. The fourth-order valence-electron chi connectivity index (χ4n) is 1.64. The Hall–Kier alpha value is -3.07. The Labute approximate surface area is 116 Å². The summed E-state index contributed by atoms with van der Waals surface area (Å²) in [6.45, 7) is 0.